The van der Waals surface area contributed by atoms with Crippen LogP contribution in [-0.4, -0.2) is 51.3 Å². The molecule has 0 spiro atoms. The SMILES string of the molecule is C=CN=C(/C=C/n1ccnc1)CN/C=C/C(=C\C=C/C)C(=N)CN(C=N)C1CC1. The Morgan fingerprint density at radius 3 is 2.86 bits per heavy atom. The van der Waals surface area contributed by atoms with Gasteiger partial charge in [-0.05, 0) is 43.7 Å². The van der Waals surface area contributed by atoms with E-state index >= 15 is 0 Å². The van der Waals surface area contributed by atoms with Crippen molar-refractivity contribution in [1.29, 1.82) is 10.8 Å². The lowest BCUT2D eigenvalue weighted by Crippen LogP contribution is -2.30. The van der Waals surface area contributed by atoms with Gasteiger partial charge in [0.2, 0.25) is 0 Å². The van der Waals surface area contributed by atoms with Crippen LogP contribution in [0.4, 0.5) is 0 Å². The molecular weight excluding hydrogens is 362 g/mol. The number of imidazole rings is 1. The maximum absolute atomic E-state index is 8.43. The molecule has 29 heavy (non-hydrogen) atoms. The van der Waals surface area contributed by atoms with Crippen LogP contribution in [0.2, 0.25) is 0 Å². The Balaban J connectivity index is 1.95. The third-order valence-corrected chi connectivity index (χ3v) is 4.22. The first-order chi connectivity index (χ1) is 14.2. The van der Waals surface area contributed by atoms with E-state index in [2.05, 4.69) is 21.9 Å². The normalized spacial score (nSPS) is 15.3. The molecule has 7 nitrogen and oxygen atoms in total. The number of allylic oxidation sites excluding steroid dienone is 4. The summed E-state index contributed by atoms with van der Waals surface area (Å²) in [6.07, 6.45) is 23.5. The van der Waals surface area contributed by atoms with E-state index in [1.54, 1.807) is 12.5 Å². The van der Waals surface area contributed by atoms with Crippen LogP contribution in [0.1, 0.15) is 19.8 Å². The first-order valence-electron chi connectivity index (χ1n) is 9.58. The molecule has 3 N–H and O–H groups in total. The van der Waals surface area contributed by atoms with Gasteiger partial charge in [0, 0.05) is 30.8 Å². The van der Waals surface area contributed by atoms with Crippen molar-refractivity contribution in [3.05, 3.63) is 73.7 Å². The van der Waals surface area contributed by atoms with Crippen LogP contribution >= 0.6 is 0 Å². The molecule has 1 aromatic rings. The zero-order chi connectivity index (χ0) is 20.9. The molecule has 0 bridgehead atoms. The Kier molecular flexibility index (Phi) is 9.08. The van der Waals surface area contributed by atoms with Crippen LogP contribution in [-0.2, 0) is 0 Å². The smallest absolute Gasteiger partial charge is 0.0986 e. The number of rotatable bonds is 13. The summed E-state index contributed by atoms with van der Waals surface area (Å²) >= 11 is 0. The predicted octanol–water partition coefficient (Wildman–Crippen LogP) is 3.64. The molecule has 1 heterocycles. The Morgan fingerprint density at radius 1 is 1.41 bits per heavy atom. The molecule has 1 aliphatic carbocycles. The molecule has 0 amide bonds. The zero-order valence-corrected chi connectivity index (χ0v) is 16.8. The summed E-state index contributed by atoms with van der Waals surface area (Å²) in [4.78, 5) is 10.2. The lowest BCUT2D eigenvalue weighted by atomic mass is 10.1. The maximum Gasteiger partial charge on any atom is 0.0986 e. The molecule has 152 valence electrons. The van der Waals surface area contributed by atoms with Gasteiger partial charge in [0.05, 0.1) is 37.2 Å². The van der Waals surface area contributed by atoms with E-state index in [0.29, 0.717) is 24.8 Å². The van der Waals surface area contributed by atoms with Crippen molar-refractivity contribution < 1.29 is 0 Å². The van der Waals surface area contributed by atoms with Crippen molar-refractivity contribution in [3.8, 4) is 0 Å². The van der Waals surface area contributed by atoms with Gasteiger partial charge in [-0.2, -0.15) is 0 Å². The predicted molar refractivity (Wildman–Crippen MR) is 121 cm³/mol. The summed E-state index contributed by atoms with van der Waals surface area (Å²) in [5.41, 5.74) is 2.10. The Morgan fingerprint density at radius 2 is 2.24 bits per heavy atom. The highest BCUT2D eigenvalue weighted by Crippen LogP contribution is 2.25. The van der Waals surface area contributed by atoms with Gasteiger partial charge in [-0.3, -0.25) is 10.4 Å². The van der Waals surface area contributed by atoms with E-state index in [0.717, 1.165) is 24.1 Å². The summed E-state index contributed by atoms with van der Waals surface area (Å²) in [6.45, 7) is 6.57. The van der Waals surface area contributed by atoms with Gasteiger partial charge in [0.1, 0.15) is 0 Å². The molecule has 1 aromatic heterocycles. The van der Waals surface area contributed by atoms with Crippen molar-refractivity contribution in [3.63, 3.8) is 0 Å². The van der Waals surface area contributed by atoms with Crippen LogP contribution in [0.15, 0.2) is 78.6 Å². The van der Waals surface area contributed by atoms with Crippen molar-refractivity contribution in [2.45, 2.75) is 25.8 Å². The maximum atomic E-state index is 8.43. The second-order valence-electron chi connectivity index (χ2n) is 6.50. The van der Waals surface area contributed by atoms with E-state index in [1.807, 2.05) is 65.4 Å². The standard InChI is InChI=1S/C22H29N7/c1-3-5-6-19(22(24)16-29(17-23)21-7-8-21)9-11-25-15-20(27-4-2)10-13-28-14-12-26-18-28/h3-6,9-14,17-18,21,23-25H,2,7-8,15-16H2,1H3/b5-3-,11-9+,13-10+,19-6+,23-17?,24-22?,27-20?. The molecule has 0 aromatic carbocycles. The van der Waals surface area contributed by atoms with E-state index in [-0.39, 0.29) is 0 Å². The molecule has 0 atom stereocenters. The summed E-state index contributed by atoms with van der Waals surface area (Å²) in [5, 5.41) is 19.2. The van der Waals surface area contributed by atoms with Gasteiger partial charge in [-0.25, -0.2) is 4.98 Å². The molecule has 7 heteroatoms. The molecule has 0 radical (unpaired) electrons. The Bertz CT molecular complexity index is 821. The summed E-state index contributed by atoms with van der Waals surface area (Å²) in [6, 6.07) is 0.415. The highest BCUT2D eigenvalue weighted by molar-refractivity contribution is 6.02. The lowest BCUT2D eigenvalue weighted by Gasteiger charge is -2.19. The van der Waals surface area contributed by atoms with Crippen LogP contribution in [0.25, 0.3) is 6.20 Å². The second kappa shape index (κ2) is 12.1. The molecule has 0 aliphatic heterocycles. The number of aliphatic imine (C=N–C) groups is 1. The summed E-state index contributed by atoms with van der Waals surface area (Å²) < 4.78 is 1.84. The highest BCUT2D eigenvalue weighted by Gasteiger charge is 2.27. The van der Waals surface area contributed by atoms with E-state index in [1.165, 1.54) is 12.5 Å². The van der Waals surface area contributed by atoms with Crippen molar-refractivity contribution in [2.75, 3.05) is 13.1 Å². The molecule has 2 rings (SSSR count). The van der Waals surface area contributed by atoms with Crippen LogP contribution in [0.5, 0.6) is 0 Å². The second-order valence-corrected chi connectivity index (χ2v) is 6.50. The number of nitrogens with zero attached hydrogens (tertiary/aromatic N) is 4. The quantitative estimate of drug-likeness (QED) is 0.272. The minimum atomic E-state index is 0.415. The monoisotopic (exact) mass is 391 g/mol. The summed E-state index contributed by atoms with van der Waals surface area (Å²) in [5.74, 6) is 0. The van der Waals surface area contributed by atoms with Gasteiger partial charge < -0.3 is 20.2 Å². The average molecular weight is 392 g/mol. The molecule has 1 aliphatic rings. The number of hydrogen-bond acceptors (Lipinski definition) is 5. The first-order valence-corrected chi connectivity index (χ1v) is 9.58. The van der Waals surface area contributed by atoms with Gasteiger partial charge in [0.25, 0.3) is 0 Å². The molecule has 0 unspecified atom stereocenters. The first kappa shape index (κ1) is 21.8. The van der Waals surface area contributed by atoms with Gasteiger partial charge >= 0.3 is 0 Å². The molecule has 0 saturated heterocycles. The Labute approximate surface area is 172 Å². The average Bonchev–Trinajstić information content (AvgIpc) is 3.44. The molecule has 1 saturated carbocycles. The van der Waals surface area contributed by atoms with E-state index < -0.39 is 0 Å². The van der Waals surface area contributed by atoms with Crippen LogP contribution in [0, 0.1) is 10.8 Å². The number of aromatic nitrogens is 2. The van der Waals surface area contributed by atoms with Gasteiger partial charge in [0.15, 0.2) is 0 Å². The van der Waals surface area contributed by atoms with Gasteiger partial charge in [-0.1, -0.05) is 24.8 Å². The van der Waals surface area contributed by atoms with Crippen molar-refractivity contribution >= 4 is 24.0 Å². The topological polar surface area (TPSA) is 93.2 Å². The number of nitrogens with one attached hydrogen (secondary N) is 3. The fourth-order valence-corrected chi connectivity index (χ4v) is 2.52. The third-order valence-electron chi connectivity index (χ3n) is 4.22. The minimum absolute atomic E-state index is 0.415. The third kappa shape index (κ3) is 7.96. The minimum Gasteiger partial charge on any atom is -0.385 e. The number of hydrogen-bond donors (Lipinski definition) is 3. The van der Waals surface area contributed by atoms with E-state index in [9.17, 15) is 0 Å². The highest BCUT2D eigenvalue weighted by atomic mass is 15.2. The Hall–Kier alpha value is -3.48. The largest absolute Gasteiger partial charge is 0.385 e. The molecule has 1 fully saturated rings. The van der Waals surface area contributed by atoms with E-state index in [4.69, 9.17) is 10.8 Å². The fourth-order valence-electron chi connectivity index (χ4n) is 2.52. The van der Waals surface area contributed by atoms with Crippen LogP contribution < -0.4 is 5.32 Å². The lowest BCUT2D eigenvalue weighted by molar-refractivity contribution is 0.475. The van der Waals surface area contributed by atoms with Crippen LogP contribution in [0.3, 0.4) is 0 Å². The van der Waals surface area contributed by atoms with Crippen molar-refractivity contribution in [1.82, 2.24) is 19.8 Å². The zero-order valence-electron chi connectivity index (χ0n) is 16.8. The fraction of sp³-hybridized carbons (Fsp3) is 0.273. The summed E-state index contributed by atoms with van der Waals surface area (Å²) in [7, 11) is 0. The van der Waals surface area contributed by atoms with Crippen molar-refractivity contribution in [2.24, 2.45) is 4.99 Å². The van der Waals surface area contributed by atoms with Gasteiger partial charge in [-0.15, -0.1) is 0 Å². The molecular formula is C22H29N7.